The van der Waals surface area contributed by atoms with Gasteiger partial charge in [-0.15, -0.1) is 0 Å². The van der Waals surface area contributed by atoms with Crippen LogP contribution in [0.15, 0.2) is 146 Å². The molecule has 3 aliphatic carbocycles. The Balaban J connectivity index is 0.000000189. The zero-order valence-electron chi connectivity index (χ0n) is 51.6. The van der Waals surface area contributed by atoms with Crippen LogP contribution in [0.25, 0.3) is 34.1 Å². The number of aliphatic carboxylic acids is 1. The van der Waals surface area contributed by atoms with Crippen LogP contribution in [0.3, 0.4) is 0 Å². The standard InChI is InChI=1S/C23H23FN6.C13H11ClFN5.C10H11NO.C10H13N.C9H10N2O4.Al.Li.H/c1-14(2)20-13-26-30-22(20)28-21(17-9-18(24)12-25-11-17)29-23(30)27-19-8-7-15-5-3-4-6-16(15)10-19;1-7(2)10-6-17-20-12(10)18-11(19-13(20)14)8-3-9(15)5-16-4-8;11-9-5-7-3-1-2-4-8(7)6-10(9)12;11-10-6-5-8-3-1-2-4-9(8)7-10;10-7(9(12)13)5-6-3-1-2-4-8(6)11(14)15;;;/h3-6,9,11-14,19H,7-8,10H2,1-2H3,(H,27,28,29);3-7H,1-2H3;1-4,9H,5-6,11H2;1-4,10H,5-7,11H2;1-4,7H,5,10H2,(H,12,13);;;/q;;;;;;+1;-1/t19-;;9-;10-;7-;;;/m1.010.../s1. The predicted octanol–water partition coefficient (Wildman–Crippen LogP) is 6.99. The molecule has 459 valence electrons. The summed E-state index contributed by atoms with van der Waals surface area (Å²) >= 11 is 6.11. The molecule has 0 saturated carbocycles. The normalized spacial score (nSPS) is 15.6. The molecule has 90 heavy (non-hydrogen) atoms. The molecule has 10 aromatic rings. The Bertz CT molecular complexity index is 4130. The van der Waals surface area contributed by atoms with Gasteiger partial charge < -0.3 is 29.1 Å². The maximum atomic E-state index is 13.8. The Kier molecular flexibility index (Phi) is 24.6. The number of hydrogen-bond donors (Lipinski definition) is 5. The van der Waals surface area contributed by atoms with E-state index in [4.69, 9.17) is 43.9 Å². The summed E-state index contributed by atoms with van der Waals surface area (Å²) in [6.07, 6.45) is 16.5. The zero-order chi connectivity index (χ0) is 62.6. The first-order chi connectivity index (χ1) is 42.3. The quantitative estimate of drug-likeness (QED) is 0.0523. The molecule has 6 aromatic heterocycles. The Morgan fingerprint density at radius 2 is 1.19 bits per heavy atom. The number of para-hydroxylation sites is 1. The Hall–Kier alpha value is -8.22. The number of nitrogens with zero attached hydrogens (tertiary/aromatic N) is 11. The third-order valence-corrected chi connectivity index (χ3v) is 15.5. The van der Waals surface area contributed by atoms with Crippen LogP contribution in [-0.4, -0.2) is 112 Å². The number of Topliss-reactive ketones (excluding diaryl/α,β-unsaturated/α-hetero) is 1. The average Bonchev–Trinajstić information content (AvgIpc) is 1.73. The molecule has 25 heteroatoms. The number of pyridine rings is 2. The molecule has 4 atom stereocenters. The smallest absolute Gasteiger partial charge is 1.00 e. The van der Waals surface area contributed by atoms with Gasteiger partial charge in [0.05, 0.1) is 35.8 Å². The third-order valence-electron chi connectivity index (χ3n) is 15.3. The van der Waals surface area contributed by atoms with Gasteiger partial charge in [-0.25, -0.2) is 18.7 Å². The summed E-state index contributed by atoms with van der Waals surface area (Å²) < 4.78 is 30.2. The third kappa shape index (κ3) is 17.6. The number of nitro groups is 1. The molecule has 6 heterocycles. The molecule has 0 spiro atoms. The van der Waals surface area contributed by atoms with E-state index in [1.165, 1.54) is 75.1 Å². The summed E-state index contributed by atoms with van der Waals surface area (Å²) in [4.78, 5) is 57.5. The van der Waals surface area contributed by atoms with Crippen molar-refractivity contribution < 1.29 is 48.7 Å². The molecule has 4 aromatic carbocycles. The van der Waals surface area contributed by atoms with Crippen molar-refractivity contribution in [3.63, 3.8) is 0 Å². The van der Waals surface area contributed by atoms with E-state index in [9.17, 15) is 28.5 Å². The van der Waals surface area contributed by atoms with Gasteiger partial charge in [-0.3, -0.25) is 29.7 Å². The maximum Gasteiger partial charge on any atom is 1.00 e. The number of carboxylic acids is 1. The second-order valence-corrected chi connectivity index (χ2v) is 22.7. The second-order valence-electron chi connectivity index (χ2n) is 22.3. The molecule has 0 unspecified atom stereocenters. The number of nitro benzene ring substituents is 1. The van der Waals surface area contributed by atoms with Gasteiger partial charge in [-0.1, -0.05) is 119 Å². The fraction of sp³-hybridized carbons (Fsp3) is 0.292. The number of rotatable bonds is 10. The molecular formula is C65H69AlClF2LiN15O5. The summed E-state index contributed by atoms with van der Waals surface area (Å²) in [7, 11) is 0. The van der Waals surface area contributed by atoms with Gasteiger partial charge in [0.15, 0.2) is 28.7 Å². The molecule has 0 bridgehead atoms. The van der Waals surface area contributed by atoms with Crippen molar-refractivity contribution in [3.05, 3.63) is 223 Å². The first-order valence-electron chi connectivity index (χ1n) is 28.9. The van der Waals surface area contributed by atoms with Crippen molar-refractivity contribution >= 4 is 63.6 Å². The van der Waals surface area contributed by atoms with Crippen LogP contribution >= 0.6 is 11.6 Å². The summed E-state index contributed by atoms with van der Waals surface area (Å²) in [6, 6.07) is 33.1. The van der Waals surface area contributed by atoms with Crippen molar-refractivity contribution in [1.29, 1.82) is 0 Å². The number of ketones is 1. The number of halogens is 3. The van der Waals surface area contributed by atoms with Crippen LogP contribution in [0.4, 0.5) is 20.4 Å². The van der Waals surface area contributed by atoms with E-state index in [2.05, 4.69) is 97.8 Å². The molecule has 3 aliphatic rings. The van der Waals surface area contributed by atoms with E-state index >= 15 is 0 Å². The molecular weight excluding hydrogens is 1180 g/mol. The van der Waals surface area contributed by atoms with Crippen molar-refractivity contribution in [2.45, 2.75) is 121 Å². The van der Waals surface area contributed by atoms with Gasteiger partial charge in [0.1, 0.15) is 17.7 Å². The molecule has 0 aliphatic heterocycles. The number of anilines is 1. The number of carbonyl (C=O) groups is 2. The van der Waals surface area contributed by atoms with Gasteiger partial charge in [-0.2, -0.15) is 29.2 Å². The van der Waals surface area contributed by atoms with Crippen LogP contribution in [0.1, 0.15) is 104 Å². The number of aryl methyl sites for hydroxylation is 2. The van der Waals surface area contributed by atoms with E-state index in [0.29, 0.717) is 58.8 Å². The summed E-state index contributed by atoms with van der Waals surface area (Å²) in [5.74, 6) is 0.0267. The van der Waals surface area contributed by atoms with Crippen molar-refractivity contribution in [3.8, 4) is 22.8 Å². The average molecular weight is 1250 g/mol. The number of nitrogens with one attached hydrogen (secondary N) is 1. The topological polar surface area (TPSA) is 300 Å². The second kappa shape index (κ2) is 32.0. The molecule has 0 saturated heterocycles. The number of aromatic nitrogens is 10. The van der Waals surface area contributed by atoms with Crippen LogP contribution in [0.2, 0.25) is 5.28 Å². The Morgan fingerprint density at radius 1 is 0.700 bits per heavy atom. The van der Waals surface area contributed by atoms with Gasteiger partial charge in [0.2, 0.25) is 11.2 Å². The van der Waals surface area contributed by atoms with E-state index in [-0.39, 0.29) is 84.7 Å². The monoisotopic (exact) mass is 1250 g/mol. The first kappa shape index (κ1) is 69.3. The molecule has 20 nitrogen and oxygen atoms in total. The summed E-state index contributed by atoms with van der Waals surface area (Å²) in [6.45, 7) is 8.29. The van der Waals surface area contributed by atoms with Gasteiger partial charge in [-0.05, 0) is 114 Å². The van der Waals surface area contributed by atoms with Crippen LogP contribution in [0, 0.1) is 21.7 Å². The fourth-order valence-corrected chi connectivity index (χ4v) is 10.7. The predicted molar refractivity (Wildman–Crippen MR) is 340 cm³/mol. The number of nitrogens with two attached hydrogens (primary N) is 3. The maximum absolute atomic E-state index is 13.8. The van der Waals surface area contributed by atoms with Crippen molar-refractivity contribution in [2.75, 3.05) is 5.32 Å². The molecule has 8 N–H and O–H groups in total. The Morgan fingerprint density at radius 3 is 1.74 bits per heavy atom. The van der Waals surface area contributed by atoms with Gasteiger partial charge in [0, 0.05) is 88.6 Å². The van der Waals surface area contributed by atoms with Crippen molar-refractivity contribution in [1.82, 2.24) is 49.1 Å². The number of carbonyl (C=O) groups excluding carboxylic acids is 1. The summed E-state index contributed by atoms with van der Waals surface area (Å²) in [5.41, 5.74) is 29.5. The Labute approximate surface area is 548 Å². The summed E-state index contributed by atoms with van der Waals surface area (Å²) in [5, 5.41) is 31.6. The van der Waals surface area contributed by atoms with Gasteiger partial charge in [0.25, 0.3) is 5.69 Å². The molecule has 0 amide bonds. The van der Waals surface area contributed by atoms with Crippen molar-refractivity contribution in [2.24, 2.45) is 17.2 Å². The van der Waals surface area contributed by atoms with E-state index in [0.717, 1.165) is 67.1 Å². The fourth-order valence-electron chi connectivity index (χ4n) is 10.5. The first-order valence-corrected chi connectivity index (χ1v) is 29.3. The number of benzene rings is 4. The van der Waals surface area contributed by atoms with E-state index in [1.807, 2.05) is 44.3 Å². The molecule has 0 fully saturated rings. The molecule has 3 radical (unpaired) electrons. The number of hydrogen-bond acceptors (Lipinski definition) is 16. The van der Waals surface area contributed by atoms with Crippen LogP contribution in [-0.2, 0) is 54.5 Å². The van der Waals surface area contributed by atoms with Gasteiger partial charge >= 0.3 is 24.8 Å². The zero-order valence-corrected chi connectivity index (χ0v) is 52.5. The number of carboxylic acid groups (broad SMARTS) is 1. The van der Waals surface area contributed by atoms with E-state index < -0.39 is 28.6 Å². The SMILES string of the molecule is CC(C)c1cnn2c(Cl)nc(-c3cncc(F)c3)nc12.CC(C)c1cnn2c(N[C@@H]3CCc4ccccc4C3)nc(-c3cncc(F)c3)nc12.N[C@@H](Cc1ccccc1[N+](=O)[O-])C(=O)O.N[C@@H]1CCc2ccccc2C1.N[C@H]1Cc2ccccc2CC1=O.[Al].[H-].[Li+]. The minimum Gasteiger partial charge on any atom is -1.00 e. The minimum absolute atomic E-state index is 0. The minimum atomic E-state index is -1.17. The van der Waals surface area contributed by atoms with Crippen LogP contribution < -0.4 is 41.4 Å². The van der Waals surface area contributed by atoms with E-state index in [1.54, 1.807) is 23.0 Å². The largest absolute Gasteiger partial charge is 1.00 e. The number of fused-ring (bicyclic) bond motifs is 5. The molecule has 13 rings (SSSR count). The van der Waals surface area contributed by atoms with Crippen LogP contribution in [0.5, 0.6) is 0 Å².